The molecule has 0 unspecified atom stereocenters. The molecule has 0 aliphatic heterocycles. The van der Waals surface area contributed by atoms with Gasteiger partial charge in [-0.2, -0.15) is 0 Å². The summed E-state index contributed by atoms with van der Waals surface area (Å²) in [5.41, 5.74) is 0.929. The van der Waals surface area contributed by atoms with Crippen molar-refractivity contribution in [3.8, 4) is 11.5 Å². The van der Waals surface area contributed by atoms with E-state index >= 15 is 0 Å². The molecule has 1 amide bonds. The first kappa shape index (κ1) is 23.5. The number of benzene rings is 3. The Balaban J connectivity index is 1.87. The van der Waals surface area contributed by atoms with Gasteiger partial charge >= 0.3 is 0 Å². The van der Waals surface area contributed by atoms with Crippen LogP contribution in [0.5, 0.6) is 11.5 Å². The second-order valence-electron chi connectivity index (χ2n) is 6.91. The molecule has 3 aromatic carbocycles. The van der Waals surface area contributed by atoms with Crippen molar-refractivity contribution in [2.75, 3.05) is 24.3 Å². The summed E-state index contributed by atoms with van der Waals surface area (Å²) in [6.07, 6.45) is 0. The monoisotopic (exact) mass is 471 g/mol. The topological polar surface area (TPSA) is 137 Å². The second-order valence-corrected chi connectivity index (χ2v) is 8.56. The molecule has 33 heavy (non-hydrogen) atoms. The lowest BCUT2D eigenvalue weighted by Gasteiger charge is -2.14. The molecular formula is C22H21N3O7S. The number of sulfonamides is 1. The third kappa shape index (κ3) is 5.39. The first-order valence-electron chi connectivity index (χ1n) is 9.56. The molecule has 11 heteroatoms. The molecular weight excluding hydrogens is 450 g/mol. The van der Waals surface area contributed by atoms with Crippen molar-refractivity contribution in [3.05, 3.63) is 81.9 Å². The highest BCUT2D eigenvalue weighted by Crippen LogP contribution is 2.30. The molecule has 3 rings (SSSR count). The molecule has 0 aliphatic rings. The number of nitrogens with one attached hydrogen (secondary N) is 2. The lowest BCUT2D eigenvalue weighted by atomic mass is 10.1. The third-order valence-electron chi connectivity index (χ3n) is 4.71. The van der Waals surface area contributed by atoms with E-state index in [0.29, 0.717) is 17.0 Å². The van der Waals surface area contributed by atoms with Crippen LogP contribution in [0.3, 0.4) is 0 Å². The molecule has 0 radical (unpaired) electrons. The molecule has 0 heterocycles. The Morgan fingerprint density at radius 1 is 0.939 bits per heavy atom. The van der Waals surface area contributed by atoms with Crippen LogP contribution in [0.1, 0.15) is 15.9 Å². The van der Waals surface area contributed by atoms with Gasteiger partial charge < -0.3 is 14.8 Å². The predicted molar refractivity (Wildman–Crippen MR) is 123 cm³/mol. The summed E-state index contributed by atoms with van der Waals surface area (Å²) < 4.78 is 38.7. The number of methoxy groups -OCH3 is 2. The zero-order valence-electron chi connectivity index (χ0n) is 18.0. The Labute approximate surface area is 190 Å². The van der Waals surface area contributed by atoms with Gasteiger partial charge in [0.25, 0.3) is 21.6 Å². The quantitative estimate of drug-likeness (QED) is 0.374. The lowest BCUT2D eigenvalue weighted by molar-refractivity contribution is -0.385. The highest BCUT2D eigenvalue weighted by Gasteiger charge is 2.21. The van der Waals surface area contributed by atoms with Crippen molar-refractivity contribution in [1.82, 2.24) is 0 Å². The highest BCUT2D eigenvalue weighted by atomic mass is 32.2. The van der Waals surface area contributed by atoms with Gasteiger partial charge in [-0.25, -0.2) is 8.42 Å². The minimum atomic E-state index is -4.06. The number of aryl methyl sites for hydroxylation is 1. The fourth-order valence-electron chi connectivity index (χ4n) is 3.04. The van der Waals surface area contributed by atoms with Crippen molar-refractivity contribution < 1.29 is 27.6 Å². The summed E-state index contributed by atoms with van der Waals surface area (Å²) in [6.45, 7) is 1.53. The molecule has 0 aliphatic carbocycles. The van der Waals surface area contributed by atoms with Crippen LogP contribution in [-0.4, -0.2) is 33.5 Å². The summed E-state index contributed by atoms with van der Waals surface area (Å²) in [6, 6.07) is 14.4. The Kier molecular flexibility index (Phi) is 6.83. The number of nitro groups is 1. The minimum absolute atomic E-state index is 0.0835. The summed E-state index contributed by atoms with van der Waals surface area (Å²) >= 11 is 0. The maximum atomic E-state index is 13.0. The SMILES string of the molecule is COc1ccc(NS(=O)(=O)c2cc(NC(=O)c3ccc([N+](=O)[O-])c(C)c3)ccc2OC)cc1. The van der Waals surface area contributed by atoms with E-state index in [-0.39, 0.29) is 27.6 Å². The van der Waals surface area contributed by atoms with E-state index in [1.165, 1.54) is 57.5 Å². The average molecular weight is 471 g/mol. The molecule has 0 saturated heterocycles. The zero-order valence-corrected chi connectivity index (χ0v) is 18.8. The van der Waals surface area contributed by atoms with Gasteiger partial charge in [-0.1, -0.05) is 0 Å². The molecule has 3 aromatic rings. The Morgan fingerprint density at radius 3 is 2.18 bits per heavy atom. The number of carbonyl (C=O) groups excluding carboxylic acids is 1. The maximum absolute atomic E-state index is 13.0. The summed E-state index contributed by atoms with van der Waals surface area (Å²) in [7, 11) is -1.23. The molecule has 172 valence electrons. The number of amides is 1. The van der Waals surface area contributed by atoms with Crippen LogP contribution in [0.25, 0.3) is 0 Å². The van der Waals surface area contributed by atoms with Gasteiger partial charge in [-0.3, -0.25) is 19.6 Å². The number of nitrogens with zero attached hydrogens (tertiary/aromatic N) is 1. The maximum Gasteiger partial charge on any atom is 0.272 e. The van der Waals surface area contributed by atoms with Crippen molar-refractivity contribution in [2.45, 2.75) is 11.8 Å². The van der Waals surface area contributed by atoms with Gasteiger partial charge in [0.15, 0.2) is 0 Å². The van der Waals surface area contributed by atoms with E-state index in [1.807, 2.05) is 0 Å². The smallest absolute Gasteiger partial charge is 0.272 e. The van der Waals surface area contributed by atoms with Crippen molar-refractivity contribution in [1.29, 1.82) is 0 Å². The summed E-state index contributed by atoms with van der Waals surface area (Å²) in [5, 5.41) is 13.6. The molecule has 0 saturated carbocycles. The first-order chi connectivity index (χ1) is 15.6. The van der Waals surface area contributed by atoms with Gasteiger partial charge in [0.1, 0.15) is 16.4 Å². The molecule has 10 nitrogen and oxygen atoms in total. The highest BCUT2D eigenvalue weighted by molar-refractivity contribution is 7.92. The van der Waals surface area contributed by atoms with Crippen LogP contribution >= 0.6 is 0 Å². The molecule has 2 N–H and O–H groups in total. The van der Waals surface area contributed by atoms with Crippen LogP contribution in [0.4, 0.5) is 17.1 Å². The number of rotatable bonds is 8. The molecule has 0 spiro atoms. The average Bonchev–Trinajstić information content (AvgIpc) is 2.79. The van der Waals surface area contributed by atoms with Gasteiger partial charge in [0, 0.05) is 28.6 Å². The zero-order chi connectivity index (χ0) is 24.2. The molecule has 0 aromatic heterocycles. The van der Waals surface area contributed by atoms with Gasteiger partial charge in [0.05, 0.1) is 19.1 Å². The van der Waals surface area contributed by atoms with Crippen LogP contribution < -0.4 is 19.5 Å². The van der Waals surface area contributed by atoms with Gasteiger partial charge in [-0.05, 0) is 61.5 Å². The molecule has 0 bridgehead atoms. The summed E-state index contributed by atoms with van der Waals surface area (Å²) in [5.74, 6) is 0.103. The van der Waals surface area contributed by atoms with Crippen LogP contribution in [0, 0.1) is 17.0 Å². The van der Waals surface area contributed by atoms with Crippen molar-refractivity contribution in [2.24, 2.45) is 0 Å². The Bertz CT molecular complexity index is 1310. The number of anilines is 2. The minimum Gasteiger partial charge on any atom is -0.497 e. The number of ether oxygens (including phenoxy) is 2. The number of hydrogen-bond acceptors (Lipinski definition) is 7. The standard InChI is InChI=1S/C22H21N3O7S/c1-14-12-15(4-10-19(14)25(27)28)22(26)23-17-7-11-20(32-3)21(13-17)33(29,30)24-16-5-8-18(31-2)9-6-16/h4-13,24H,1-3H3,(H,23,26). The van der Waals surface area contributed by atoms with Gasteiger partial charge in [-0.15, -0.1) is 0 Å². The van der Waals surface area contributed by atoms with E-state index in [4.69, 9.17) is 9.47 Å². The predicted octanol–water partition coefficient (Wildman–Crippen LogP) is 3.97. The fraction of sp³-hybridized carbons (Fsp3) is 0.136. The van der Waals surface area contributed by atoms with E-state index in [0.717, 1.165) is 0 Å². The normalized spacial score (nSPS) is 10.9. The molecule has 0 atom stereocenters. The fourth-order valence-corrected chi connectivity index (χ4v) is 4.29. The van der Waals surface area contributed by atoms with E-state index in [1.54, 1.807) is 24.3 Å². The van der Waals surface area contributed by atoms with Crippen LogP contribution in [-0.2, 0) is 10.0 Å². The van der Waals surface area contributed by atoms with Crippen molar-refractivity contribution in [3.63, 3.8) is 0 Å². The number of nitro benzene ring substituents is 1. The van der Waals surface area contributed by atoms with Crippen LogP contribution in [0.2, 0.25) is 0 Å². The van der Waals surface area contributed by atoms with Gasteiger partial charge in [0.2, 0.25) is 0 Å². The lowest BCUT2D eigenvalue weighted by Crippen LogP contribution is -2.16. The Hall–Kier alpha value is -4.12. The molecule has 0 fully saturated rings. The Morgan fingerprint density at radius 2 is 1.61 bits per heavy atom. The number of hydrogen-bond donors (Lipinski definition) is 2. The summed E-state index contributed by atoms with van der Waals surface area (Å²) in [4.78, 5) is 22.9. The largest absolute Gasteiger partial charge is 0.497 e. The third-order valence-corrected chi connectivity index (χ3v) is 6.11. The van der Waals surface area contributed by atoms with E-state index in [9.17, 15) is 23.3 Å². The van der Waals surface area contributed by atoms with Crippen LogP contribution in [0.15, 0.2) is 65.6 Å². The second kappa shape index (κ2) is 9.57. The van der Waals surface area contributed by atoms with Crippen molar-refractivity contribution >= 4 is 33.0 Å². The van der Waals surface area contributed by atoms with E-state index < -0.39 is 20.9 Å². The number of carbonyl (C=O) groups is 1. The first-order valence-corrected chi connectivity index (χ1v) is 11.0. The van der Waals surface area contributed by atoms with E-state index in [2.05, 4.69) is 10.0 Å².